The summed E-state index contributed by atoms with van der Waals surface area (Å²) in [5.74, 6) is -0.0186. The first-order valence-electron chi connectivity index (χ1n) is 11.6. The van der Waals surface area contributed by atoms with E-state index in [1.54, 1.807) is 19.0 Å². The number of ether oxygens (including phenoxy) is 3. The van der Waals surface area contributed by atoms with Crippen molar-refractivity contribution in [1.82, 2.24) is 20.4 Å². The molecule has 11 nitrogen and oxygen atoms in total. The maximum absolute atomic E-state index is 12.0. The lowest BCUT2D eigenvalue weighted by Crippen LogP contribution is -2.39. The molecule has 188 valence electrons. The summed E-state index contributed by atoms with van der Waals surface area (Å²) in [6, 6.07) is 0. The quantitative estimate of drug-likeness (QED) is 0.172. The van der Waals surface area contributed by atoms with Gasteiger partial charge in [0.15, 0.2) is 0 Å². The standard InChI is InChI=1S/C21H44N6O5/c1-26(2)20(29)7-3-14-30-21-31-17-18(32-21)15-25-19(28)16-24-10-6-13-27(11-4-8-22)12-5-9-23/h18,21,24H,3-17,22-23H2,1-2H3,(H,25,28). The maximum Gasteiger partial charge on any atom is 0.272 e. The molecule has 0 aromatic rings. The lowest BCUT2D eigenvalue weighted by atomic mass is 10.3. The van der Waals surface area contributed by atoms with Crippen LogP contribution in [-0.2, 0) is 23.8 Å². The van der Waals surface area contributed by atoms with E-state index >= 15 is 0 Å². The van der Waals surface area contributed by atoms with Crippen LogP contribution in [0.15, 0.2) is 0 Å². The van der Waals surface area contributed by atoms with Gasteiger partial charge in [0.05, 0.1) is 19.8 Å². The Morgan fingerprint density at radius 1 is 1.06 bits per heavy atom. The average Bonchev–Trinajstić information content (AvgIpc) is 3.23. The van der Waals surface area contributed by atoms with Crippen molar-refractivity contribution in [2.75, 3.05) is 79.7 Å². The van der Waals surface area contributed by atoms with Crippen LogP contribution in [-0.4, -0.2) is 114 Å². The highest BCUT2D eigenvalue weighted by Crippen LogP contribution is 2.12. The summed E-state index contributed by atoms with van der Waals surface area (Å²) in [5, 5.41) is 6.02. The van der Waals surface area contributed by atoms with E-state index in [2.05, 4.69) is 15.5 Å². The summed E-state index contributed by atoms with van der Waals surface area (Å²) in [7, 11) is 3.45. The van der Waals surface area contributed by atoms with Gasteiger partial charge >= 0.3 is 0 Å². The molecule has 0 radical (unpaired) electrons. The van der Waals surface area contributed by atoms with E-state index in [0.717, 1.165) is 45.4 Å². The zero-order valence-corrected chi connectivity index (χ0v) is 19.9. The van der Waals surface area contributed by atoms with Crippen molar-refractivity contribution in [3.05, 3.63) is 0 Å². The molecule has 2 atom stereocenters. The van der Waals surface area contributed by atoms with E-state index in [-0.39, 0.29) is 24.5 Å². The predicted molar refractivity (Wildman–Crippen MR) is 123 cm³/mol. The van der Waals surface area contributed by atoms with Crippen molar-refractivity contribution in [1.29, 1.82) is 0 Å². The second-order valence-electron chi connectivity index (χ2n) is 8.10. The highest BCUT2D eigenvalue weighted by Gasteiger charge is 2.26. The summed E-state index contributed by atoms with van der Waals surface area (Å²) >= 11 is 0. The first-order chi connectivity index (χ1) is 15.5. The number of hydrogen-bond donors (Lipinski definition) is 4. The minimum atomic E-state index is -0.744. The van der Waals surface area contributed by atoms with Crippen LogP contribution in [0.2, 0.25) is 0 Å². The molecule has 2 amide bonds. The number of carbonyl (C=O) groups is 2. The van der Waals surface area contributed by atoms with Gasteiger partial charge in [0.1, 0.15) is 6.10 Å². The van der Waals surface area contributed by atoms with Crippen LogP contribution >= 0.6 is 0 Å². The molecule has 0 aliphatic carbocycles. The van der Waals surface area contributed by atoms with Gasteiger partial charge in [0, 0.05) is 27.1 Å². The number of nitrogens with two attached hydrogens (primary N) is 2. The second-order valence-corrected chi connectivity index (χ2v) is 8.10. The monoisotopic (exact) mass is 460 g/mol. The molecule has 0 spiro atoms. The number of nitrogens with zero attached hydrogens (tertiary/aromatic N) is 2. The molecule has 0 aromatic carbocycles. The second kappa shape index (κ2) is 18.1. The van der Waals surface area contributed by atoms with E-state index in [1.165, 1.54) is 0 Å². The normalized spacial score (nSPS) is 18.3. The van der Waals surface area contributed by atoms with Crippen LogP contribution in [0, 0.1) is 0 Å². The SMILES string of the molecule is CN(C)C(=O)CCCOC1OCC(CNC(=O)CNCCCN(CCCN)CCCN)O1. The predicted octanol–water partition coefficient (Wildman–Crippen LogP) is -1.33. The Bertz CT molecular complexity index is 503. The molecule has 1 aliphatic rings. The van der Waals surface area contributed by atoms with Crippen molar-refractivity contribution >= 4 is 11.8 Å². The number of nitrogens with one attached hydrogen (secondary N) is 2. The van der Waals surface area contributed by atoms with Gasteiger partial charge in [-0.25, -0.2) is 0 Å². The topological polar surface area (TPSA) is 144 Å². The van der Waals surface area contributed by atoms with Gasteiger partial charge in [-0.15, -0.1) is 0 Å². The molecule has 1 rings (SSSR count). The van der Waals surface area contributed by atoms with Crippen LogP contribution in [0.3, 0.4) is 0 Å². The molecule has 32 heavy (non-hydrogen) atoms. The zero-order valence-electron chi connectivity index (χ0n) is 19.9. The maximum atomic E-state index is 12.0. The number of carbonyl (C=O) groups excluding carboxylic acids is 2. The lowest BCUT2D eigenvalue weighted by Gasteiger charge is -2.21. The Morgan fingerprint density at radius 3 is 2.41 bits per heavy atom. The Morgan fingerprint density at radius 2 is 1.75 bits per heavy atom. The smallest absolute Gasteiger partial charge is 0.272 e. The first-order valence-corrected chi connectivity index (χ1v) is 11.6. The van der Waals surface area contributed by atoms with Crippen molar-refractivity contribution in [2.24, 2.45) is 11.5 Å². The molecule has 2 unspecified atom stereocenters. The van der Waals surface area contributed by atoms with Gasteiger partial charge in [-0.05, 0) is 65.0 Å². The fraction of sp³-hybridized carbons (Fsp3) is 0.905. The van der Waals surface area contributed by atoms with Gasteiger partial charge in [0.25, 0.3) is 6.48 Å². The van der Waals surface area contributed by atoms with Crippen molar-refractivity contribution < 1.29 is 23.8 Å². The first kappa shape index (κ1) is 28.7. The Hall–Kier alpha value is -1.34. The highest BCUT2D eigenvalue weighted by molar-refractivity contribution is 5.78. The third-order valence-corrected chi connectivity index (χ3v) is 5.01. The third-order valence-electron chi connectivity index (χ3n) is 5.01. The summed E-state index contributed by atoms with van der Waals surface area (Å²) in [6.45, 7) is 5.71. The van der Waals surface area contributed by atoms with Crippen LogP contribution in [0.5, 0.6) is 0 Å². The van der Waals surface area contributed by atoms with Crippen molar-refractivity contribution in [2.45, 2.75) is 44.7 Å². The van der Waals surface area contributed by atoms with Gasteiger partial charge in [-0.1, -0.05) is 0 Å². The molecule has 0 saturated carbocycles. The van der Waals surface area contributed by atoms with Gasteiger partial charge < -0.3 is 46.1 Å². The lowest BCUT2D eigenvalue weighted by molar-refractivity contribution is -0.237. The molecule has 11 heteroatoms. The van der Waals surface area contributed by atoms with Gasteiger partial charge in [-0.3, -0.25) is 9.59 Å². The van der Waals surface area contributed by atoms with Crippen LogP contribution in [0.4, 0.5) is 0 Å². The number of rotatable bonds is 19. The molecule has 1 aliphatic heterocycles. The molecular weight excluding hydrogens is 416 g/mol. The van der Waals surface area contributed by atoms with Crippen LogP contribution in [0.25, 0.3) is 0 Å². The Balaban J connectivity index is 2.04. The Labute approximate surface area is 192 Å². The molecule has 0 bridgehead atoms. The van der Waals surface area contributed by atoms with E-state index in [9.17, 15) is 9.59 Å². The Kier molecular flexibility index (Phi) is 16.3. The minimum absolute atomic E-state index is 0.0616. The van der Waals surface area contributed by atoms with E-state index < -0.39 is 6.48 Å². The number of hydrogen-bond acceptors (Lipinski definition) is 9. The average molecular weight is 461 g/mol. The van der Waals surface area contributed by atoms with E-state index in [0.29, 0.717) is 45.7 Å². The highest BCUT2D eigenvalue weighted by atomic mass is 16.9. The molecular formula is C21H44N6O5. The largest absolute Gasteiger partial charge is 0.352 e. The fourth-order valence-electron chi connectivity index (χ4n) is 3.13. The zero-order chi connectivity index (χ0) is 23.6. The van der Waals surface area contributed by atoms with Crippen molar-refractivity contribution in [3.8, 4) is 0 Å². The van der Waals surface area contributed by atoms with Gasteiger partial charge in [-0.2, -0.15) is 0 Å². The molecule has 1 saturated heterocycles. The van der Waals surface area contributed by atoms with Crippen LogP contribution in [0.1, 0.15) is 32.1 Å². The third kappa shape index (κ3) is 13.9. The number of amides is 2. The summed E-state index contributed by atoms with van der Waals surface area (Å²) in [5.41, 5.74) is 11.2. The fourth-order valence-corrected chi connectivity index (χ4v) is 3.13. The molecule has 1 fully saturated rings. The minimum Gasteiger partial charge on any atom is -0.352 e. The molecule has 1 heterocycles. The summed E-state index contributed by atoms with van der Waals surface area (Å²) in [4.78, 5) is 27.5. The molecule has 0 aromatic heterocycles. The summed E-state index contributed by atoms with van der Waals surface area (Å²) in [6.07, 6.45) is 3.70. The van der Waals surface area contributed by atoms with Crippen LogP contribution < -0.4 is 22.1 Å². The van der Waals surface area contributed by atoms with E-state index in [4.69, 9.17) is 25.7 Å². The van der Waals surface area contributed by atoms with E-state index in [1.807, 2.05) is 0 Å². The van der Waals surface area contributed by atoms with Crippen molar-refractivity contribution in [3.63, 3.8) is 0 Å². The van der Waals surface area contributed by atoms with Gasteiger partial charge in [0.2, 0.25) is 11.8 Å². The molecule has 6 N–H and O–H groups in total. The summed E-state index contributed by atoms with van der Waals surface area (Å²) < 4.78 is 16.5.